The van der Waals surface area contributed by atoms with Crippen LogP contribution in [-0.2, 0) is 20.1 Å². The number of carboxylic acids is 1. The van der Waals surface area contributed by atoms with E-state index in [9.17, 15) is 4.79 Å². The van der Waals surface area contributed by atoms with Gasteiger partial charge in [0.25, 0.3) is 0 Å². The first-order chi connectivity index (χ1) is 7.15. The number of carboxylic acid groups (broad SMARTS) is 1. The monoisotopic (exact) mass is 226 g/mol. The van der Waals surface area contributed by atoms with Crippen LogP contribution in [0.3, 0.4) is 0 Å². The first kappa shape index (κ1) is 9.86. The van der Waals surface area contributed by atoms with Gasteiger partial charge in [-0.3, -0.25) is 0 Å². The van der Waals surface area contributed by atoms with Crippen molar-refractivity contribution in [3.05, 3.63) is 47.4 Å². The Balaban J connectivity index is 2.46. The van der Waals surface area contributed by atoms with Gasteiger partial charge in [-0.25, -0.2) is 4.79 Å². The van der Waals surface area contributed by atoms with Crippen molar-refractivity contribution in [2.75, 3.05) is 0 Å². The molecule has 0 unspecified atom stereocenters. The summed E-state index contributed by atoms with van der Waals surface area (Å²) in [5.41, 5.74) is 0.340. The average Bonchev–Trinajstić information content (AvgIpc) is 2.67. The lowest BCUT2D eigenvalue weighted by Crippen LogP contribution is -2.36. The Morgan fingerprint density at radius 2 is 2.00 bits per heavy atom. The van der Waals surface area contributed by atoms with Gasteiger partial charge >= 0.3 is 11.8 Å². The fraction of sp³-hybridized carbons (Fsp3) is 0.100. The Kier molecular flexibility index (Phi) is 2.28. The maximum Gasteiger partial charge on any atom is 0.395 e. The molecule has 2 rings (SSSR count). The molecule has 1 aliphatic rings. The van der Waals surface area contributed by atoms with Gasteiger partial charge in [0.2, 0.25) is 0 Å². The molecule has 0 atom stereocenters. The van der Waals surface area contributed by atoms with Crippen molar-refractivity contribution in [1.29, 1.82) is 0 Å². The number of ether oxygens (including phenoxy) is 2. The number of aliphatic carboxylic acids is 1. The van der Waals surface area contributed by atoms with E-state index < -0.39 is 11.8 Å². The van der Waals surface area contributed by atoms with Crippen LogP contribution in [0, 0.1) is 0 Å². The van der Waals surface area contributed by atoms with Gasteiger partial charge in [-0.05, 0) is 12.1 Å². The molecule has 0 fully saturated rings. The Morgan fingerprint density at radius 3 is 2.53 bits per heavy atom. The third-order valence-corrected chi connectivity index (χ3v) is 2.24. The van der Waals surface area contributed by atoms with Crippen LogP contribution in [0.4, 0.5) is 0 Å². The highest BCUT2D eigenvalue weighted by Crippen LogP contribution is 2.33. The maximum absolute atomic E-state index is 11.1. The van der Waals surface area contributed by atoms with Gasteiger partial charge in [-0.2, -0.15) is 0 Å². The highest BCUT2D eigenvalue weighted by molar-refractivity contribution is 6.30. The molecule has 0 saturated heterocycles. The van der Waals surface area contributed by atoms with Crippen molar-refractivity contribution in [1.82, 2.24) is 0 Å². The summed E-state index contributed by atoms with van der Waals surface area (Å²) < 4.78 is 9.96. The van der Waals surface area contributed by atoms with Crippen LogP contribution in [0.1, 0.15) is 5.56 Å². The van der Waals surface area contributed by atoms with Gasteiger partial charge < -0.3 is 14.6 Å². The number of hydrogen-bond acceptors (Lipinski definition) is 3. The van der Waals surface area contributed by atoms with Gasteiger partial charge in [0.1, 0.15) is 12.5 Å². The molecule has 0 spiro atoms. The Morgan fingerprint density at radius 1 is 1.33 bits per heavy atom. The minimum atomic E-state index is -1.80. The fourth-order valence-electron chi connectivity index (χ4n) is 1.33. The summed E-state index contributed by atoms with van der Waals surface area (Å²) in [4.78, 5) is 11.1. The first-order valence-electron chi connectivity index (χ1n) is 4.15. The summed E-state index contributed by atoms with van der Waals surface area (Å²) in [5, 5.41) is 9.50. The summed E-state index contributed by atoms with van der Waals surface area (Å²) in [7, 11) is 0. The first-order valence-corrected chi connectivity index (χ1v) is 4.53. The lowest BCUT2D eigenvalue weighted by molar-refractivity contribution is -0.199. The molecule has 0 amide bonds. The molecule has 0 bridgehead atoms. The van der Waals surface area contributed by atoms with E-state index in [2.05, 4.69) is 0 Å². The molecule has 1 aromatic rings. The van der Waals surface area contributed by atoms with Crippen LogP contribution in [0.25, 0.3) is 0 Å². The number of rotatable bonds is 2. The maximum atomic E-state index is 11.1. The second-order valence-corrected chi connectivity index (χ2v) is 3.38. The smallest absolute Gasteiger partial charge is 0.395 e. The van der Waals surface area contributed by atoms with E-state index in [0.29, 0.717) is 10.6 Å². The van der Waals surface area contributed by atoms with Crippen molar-refractivity contribution in [2.24, 2.45) is 0 Å². The minimum absolute atomic E-state index is 0.340. The molecule has 15 heavy (non-hydrogen) atoms. The number of carbonyl (C=O) groups is 1. The summed E-state index contributed by atoms with van der Waals surface area (Å²) in [6, 6.07) is 6.34. The van der Waals surface area contributed by atoms with Crippen LogP contribution in [-0.4, -0.2) is 11.1 Å². The third-order valence-electron chi connectivity index (χ3n) is 2.01. The highest BCUT2D eigenvalue weighted by Gasteiger charge is 2.47. The molecule has 1 aromatic carbocycles. The predicted octanol–water partition coefficient (Wildman–Crippen LogP) is 2.10. The van der Waals surface area contributed by atoms with Gasteiger partial charge in [0.15, 0.2) is 0 Å². The Labute approximate surface area is 90.7 Å². The summed E-state index contributed by atoms with van der Waals surface area (Å²) >= 11 is 5.77. The van der Waals surface area contributed by atoms with E-state index in [1.165, 1.54) is 18.6 Å². The molecule has 1 aliphatic heterocycles. The van der Waals surface area contributed by atoms with E-state index in [1.54, 1.807) is 18.2 Å². The molecule has 0 radical (unpaired) electrons. The van der Waals surface area contributed by atoms with Crippen LogP contribution in [0.15, 0.2) is 36.8 Å². The van der Waals surface area contributed by atoms with Crippen LogP contribution >= 0.6 is 11.6 Å². The average molecular weight is 227 g/mol. The lowest BCUT2D eigenvalue weighted by Gasteiger charge is -2.22. The molecule has 78 valence electrons. The van der Waals surface area contributed by atoms with Gasteiger partial charge in [0, 0.05) is 10.6 Å². The van der Waals surface area contributed by atoms with Crippen LogP contribution < -0.4 is 0 Å². The Hall–Kier alpha value is -1.68. The van der Waals surface area contributed by atoms with Crippen molar-refractivity contribution in [3.8, 4) is 0 Å². The summed E-state index contributed by atoms with van der Waals surface area (Å²) in [6.07, 6.45) is 2.38. The van der Waals surface area contributed by atoms with E-state index in [4.69, 9.17) is 26.2 Å². The van der Waals surface area contributed by atoms with Crippen molar-refractivity contribution in [3.63, 3.8) is 0 Å². The predicted molar refractivity (Wildman–Crippen MR) is 52.1 cm³/mol. The quantitative estimate of drug-likeness (QED) is 0.839. The molecule has 1 heterocycles. The normalized spacial score (nSPS) is 16.9. The minimum Gasteiger partial charge on any atom is -0.475 e. The number of benzene rings is 1. The zero-order chi connectivity index (χ0) is 10.9. The van der Waals surface area contributed by atoms with E-state index in [-0.39, 0.29) is 0 Å². The standard InChI is InChI=1S/C10H7ClO4/c11-8-3-1-2-7(6-8)10(9(12)13)14-4-5-15-10/h1-6H,(H,12,13). The largest absolute Gasteiger partial charge is 0.475 e. The number of hydrogen-bond donors (Lipinski definition) is 1. The fourth-order valence-corrected chi connectivity index (χ4v) is 1.52. The summed E-state index contributed by atoms with van der Waals surface area (Å²) in [6.45, 7) is 0. The molecule has 4 nitrogen and oxygen atoms in total. The van der Waals surface area contributed by atoms with Crippen LogP contribution in [0.2, 0.25) is 5.02 Å². The number of halogens is 1. The topological polar surface area (TPSA) is 55.8 Å². The second kappa shape index (κ2) is 3.47. The van der Waals surface area contributed by atoms with E-state index in [1.807, 2.05) is 0 Å². The molecule has 1 N–H and O–H groups in total. The van der Waals surface area contributed by atoms with E-state index >= 15 is 0 Å². The highest BCUT2D eigenvalue weighted by atomic mass is 35.5. The molecule has 0 aliphatic carbocycles. The van der Waals surface area contributed by atoms with Crippen molar-refractivity contribution >= 4 is 17.6 Å². The molecule has 5 heteroatoms. The van der Waals surface area contributed by atoms with Crippen LogP contribution in [0.5, 0.6) is 0 Å². The van der Waals surface area contributed by atoms with Gasteiger partial charge in [-0.1, -0.05) is 23.7 Å². The van der Waals surface area contributed by atoms with Gasteiger partial charge in [-0.15, -0.1) is 0 Å². The molecule has 0 saturated carbocycles. The van der Waals surface area contributed by atoms with Crippen molar-refractivity contribution in [2.45, 2.75) is 5.79 Å². The van der Waals surface area contributed by atoms with Crippen molar-refractivity contribution < 1.29 is 19.4 Å². The zero-order valence-corrected chi connectivity index (χ0v) is 8.27. The van der Waals surface area contributed by atoms with E-state index in [0.717, 1.165) is 0 Å². The SMILES string of the molecule is O=C(O)C1(c2cccc(Cl)c2)OC=CO1. The molecular formula is C10H7ClO4. The molecule has 0 aromatic heterocycles. The second-order valence-electron chi connectivity index (χ2n) is 2.94. The molecular weight excluding hydrogens is 220 g/mol. The lowest BCUT2D eigenvalue weighted by atomic mass is 10.1. The summed E-state index contributed by atoms with van der Waals surface area (Å²) in [5.74, 6) is -3.03. The van der Waals surface area contributed by atoms with Gasteiger partial charge in [0.05, 0.1) is 0 Å². The Bertz CT molecular complexity index is 419. The zero-order valence-electron chi connectivity index (χ0n) is 7.51. The third kappa shape index (κ3) is 1.53.